The minimum atomic E-state index is -1.30. The molecule has 516 valence electrons. The molecule has 2 aliphatic carbocycles. The van der Waals surface area contributed by atoms with Gasteiger partial charge in [-0.25, -0.2) is 29.6 Å². The first-order valence-electron chi connectivity index (χ1n) is 30.9. The number of Topliss-reactive ketones (excluding diaryl/α,β-unsaturated/α-hetero) is 1. The van der Waals surface area contributed by atoms with Crippen molar-refractivity contribution in [2.24, 2.45) is 21.1 Å². The number of pyridine rings is 2. The first-order valence-corrected chi connectivity index (χ1v) is 32.4. The zero-order valence-electron chi connectivity index (χ0n) is 57.2. The molecule has 2 aliphatic heterocycles. The quantitative estimate of drug-likeness (QED) is 0.0617. The van der Waals surface area contributed by atoms with Crippen LogP contribution >= 0.6 is 39.1 Å². The Morgan fingerprint density at radius 2 is 1.09 bits per heavy atom. The molecule has 7 heterocycles. The van der Waals surface area contributed by atoms with Crippen molar-refractivity contribution in [2.75, 3.05) is 66.5 Å². The molecule has 2 aromatic carbocycles. The van der Waals surface area contributed by atoms with Gasteiger partial charge in [-0.2, -0.15) is 6.92 Å². The van der Waals surface area contributed by atoms with Gasteiger partial charge in [0.25, 0.3) is 5.91 Å². The summed E-state index contributed by atoms with van der Waals surface area (Å²) in [4.78, 5) is 82.2. The van der Waals surface area contributed by atoms with E-state index in [4.69, 9.17) is 47.5 Å². The van der Waals surface area contributed by atoms with E-state index in [1.165, 1.54) is 13.3 Å². The van der Waals surface area contributed by atoms with Gasteiger partial charge in [0.15, 0.2) is 5.78 Å². The molecular weight excluding hydrogens is 1410 g/mol. The number of aromatic nitrogens is 8. The Morgan fingerprint density at radius 1 is 0.667 bits per heavy atom. The molecule has 2 fully saturated rings. The predicted molar refractivity (Wildman–Crippen MR) is 377 cm³/mol. The third-order valence-electron chi connectivity index (χ3n) is 15.9. The number of aliphatic hydroxyl groups is 1. The van der Waals surface area contributed by atoms with Gasteiger partial charge in [0.1, 0.15) is 28.2 Å². The Hall–Kier alpha value is -6.39. The summed E-state index contributed by atoms with van der Waals surface area (Å²) in [6, 6.07) is 19.7. The van der Waals surface area contributed by atoms with Crippen LogP contribution in [0.3, 0.4) is 0 Å². The number of hydroxylamine groups is 2. The SMILES string of the molecule is CC(C)(C)OC(=O)N1CCN([C@H]2c3ccc(Cl)cc3C(Br)=Cc3cccnc32)CC1.CCC(=O)c1cncn1C.CCC(O)(C1=Cc2cccnc2[C@@H](N2CCN(C(=O)OC(C)(C)C)CC2)c2ccc(Cl)cc21)c1cncn1C.CON(C)C(=O)c1cncn1C.F.[3HH].[Br-].[CH2-]C.[Mg+2]. The number of carbonyl (C=O) groups excluding carboxylic acids is 4. The van der Waals surface area contributed by atoms with Gasteiger partial charge in [-0.15, -0.1) is 0 Å². The summed E-state index contributed by atoms with van der Waals surface area (Å²) in [5.41, 5.74) is 8.38. The largest absolute Gasteiger partial charge is 2.00 e. The number of fused-ring (bicyclic) bond motifs is 4. The molecule has 3 atom stereocenters. The van der Waals surface area contributed by atoms with E-state index in [-0.39, 0.29) is 82.1 Å². The average molecular weight is 1510 g/mol. The second-order valence-corrected chi connectivity index (χ2v) is 26.2. The fourth-order valence-electron chi connectivity index (χ4n) is 11.2. The van der Waals surface area contributed by atoms with Gasteiger partial charge in [0.2, 0.25) is 0 Å². The summed E-state index contributed by atoms with van der Waals surface area (Å²) >= 11 is 16.6. The minimum Gasteiger partial charge on any atom is -1.00 e. The molecular formula is C69H90Br2Cl2FMgN13O8. The van der Waals surface area contributed by atoms with Crippen LogP contribution in [0.5, 0.6) is 0 Å². The van der Waals surface area contributed by atoms with Gasteiger partial charge in [-0.1, -0.05) is 77.2 Å². The number of ketones is 1. The van der Waals surface area contributed by atoms with Gasteiger partial charge >= 0.3 is 35.2 Å². The number of amides is 3. The number of hydrogen-bond acceptors (Lipinski definition) is 15. The summed E-state index contributed by atoms with van der Waals surface area (Å²) < 4.78 is 17.4. The number of nitrogens with zero attached hydrogens (tertiary/aromatic N) is 13. The molecule has 96 heavy (non-hydrogen) atoms. The smallest absolute Gasteiger partial charge is 1.00 e. The molecule has 0 saturated carbocycles. The maximum absolute atomic E-state index is 12.7. The van der Waals surface area contributed by atoms with Crippen LogP contribution in [0.2, 0.25) is 10.0 Å². The van der Waals surface area contributed by atoms with E-state index >= 15 is 0 Å². The van der Waals surface area contributed by atoms with E-state index < -0.39 is 16.8 Å². The first kappa shape index (κ1) is 82.0. The summed E-state index contributed by atoms with van der Waals surface area (Å²) in [6.45, 7) is 25.2. The molecule has 0 radical (unpaired) electrons. The summed E-state index contributed by atoms with van der Waals surface area (Å²) in [5, 5.41) is 14.7. The van der Waals surface area contributed by atoms with Gasteiger partial charge in [-0.05, 0) is 135 Å². The van der Waals surface area contributed by atoms with Crippen LogP contribution in [0.15, 0.2) is 111 Å². The molecule has 4 aliphatic rings. The number of imidazole rings is 3. The monoisotopic (exact) mass is 1500 g/mol. The molecule has 7 aromatic rings. The summed E-state index contributed by atoms with van der Waals surface area (Å²) in [6.07, 6.45) is 17.9. The summed E-state index contributed by atoms with van der Waals surface area (Å²) in [5.74, 6) is -0.0718. The predicted octanol–water partition coefficient (Wildman–Crippen LogP) is 9.77. The number of hydrogen-bond donors (Lipinski definition) is 1. The Balaban J connectivity index is 0.000000371. The van der Waals surface area contributed by atoms with Crippen LogP contribution in [-0.4, -0.2) is 193 Å². The normalized spacial score (nSPS) is 16.3. The Bertz CT molecular complexity index is 3810. The molecule has 2 saturated heterocycles. The first-order chi connectivity index (χ1) is 44.2. The van der Waals surface area contributed by atoms with Crippen molar-refractivity contribution in [3.8, 4) is 0 Å². The maximum atomic E-state index is 12.7. The van der Waals surface area contributed by atoms with Crippen molar-refractivity contribution in [2.45, 2.75) is 104 Å². The third kappa shape index (κ3) is 20.1. The third-order valence-corrected chi connectivity index (χ3v) is 17.0. The number of rotatable bonds is 9. The minimum absolute atomic E-state index is 0. The molecule has 3 amide bonds. The van der Waals surface area contributed by atoms with Crippen molar-refractivity contribution in [3.63, 3.8) is 0 Å². The van der Waals surface area contributed by atoms with E-state index in [2.05, 4.69) is 65.8 Å². The molecule has 0 spiro atoms. The molecule has 21 nitrogen and oxygen atoms in total. The van der Waals surface area contributed by atoms with E-state index in [9.17, 15) is 24.3 Å². The topological polar surface area (TPSA) is 212 Å². The van der Waals surface area contributed by atoms with Crippen LogP contribution in [-0.2, 0) is 41.1 Å². The van der Waals surface area contributed by atoms with Crippen LogP contribution in [0.1, 0.15) is 160 Å². The molecule has 11 rings (SSSR count). The number of halogens is 5. The Kier molecular flexibility index (Phi) is 31.1. The van der Waals surface area contributed by atoms with Crippen LogP contribution < -0.4 is 17.0 Å². The molecule has 27 heteroatoms. The van der Waals surface area contributed by atoms with Crippen molar-refractivity contribution in [1.29, 1.82) is 0 Å². The van der Waals surface area contributed by atoms with Crippen molar-refractivity contribution in [3.05, 3.63) is 189 Å². The van der Waals surface area contributed by atoms with Gasteiger partial charge in [0, 0.05) is 115 Å². The number of ether oxygens (including phenoxy) is 2. The van der Waals surface area contributed by atoms with E-state index in [0.29, 0.717) is 79.2 Å². The average Bonchev–Trinajstić information content (AvgIpc) is 1.15. The zero-order valence-corrected chi connectivity index (χ0v) is 63.3. The number of carbonyl (C=O) groups is 4. The van der Waals surface area contributed by atoms with Crippen molar-refractivity contribution in [1.82, 2.24) is 63.3 Å². The van der Waals surface area contributed by atoms with Crippen LogP contribution in [0.4, 0.5) is 14.3 Å². The van der Waals surface area contributed by atoms with Crippen LogP contribution in [0.25, 0.3) is 22.2 Å². The number of benzene rings is 2. The molecule has 1 N–H and O–H groups in total. The molecule has 5 aromatic heterocycles. The Labute approximate surface area is 610 Å². The maximum Gasteiger partial charge on any atom is 2.00 e. The number of aryl methyl sites for hydroxylation is 3. The Morgan fingerprint density at radius 3 is 1.50 bits per heavy atom. The van der Waals surface area contributed by atoms with Gasteiger partial charge < -0.3 is 62.0 Å². The second-order valence-electron chi connectivity index (χ2n) is 24.4. The number of piperazine rings is 2. The van der Waals surface area contributed by atoms with E-state index in [1.54, 1.807) is 71.3 Å². The zero-order chi connectivity index (χ0) is 68.1. The molecule has 1 unspecified atom stereocenters. The van der Waals surface area contributed by atoms with Crippen LogP contribution in [0, 0.1) is 6.92 Å². The standard InChI is InChI=1S/C30H36ClN5O3.C23H25BrClN3O2.C7H11N3O2.C7H10N2O.C2H5.BrH.FH.Mg.H2/c1-6-30(38,25-18-32-19-34(25)5)24-16-20-8-7-11-33-26(20)27(22-10-9-21(31)17-23(22)24)35-12-14-36(15-13-35)28(37)39-29(2,3)4;1-23(2,3)30-22(29)28-11-9-27(10-12-28)21-17-7-6-16(25)14-18(17)19(24)13-15-5-4-8-26-20(15)21;1-9-5-8-4-6(9)7(11)10(2)12-3;1-3-7(10)6-4-8-5-9(6)2;1-2;;;;/h7-11,16-19,27,38H,6,12-15H2,1-5H3;4-8,13-14,21H,9-12H2,1-3H3;4-5H,1-3H3;4-5H,3H2,1-2H3;1H2,2H3;2*1H;;1H/q;;;;-1;;;+2;/p-1/t27-,30?;21-;;;;;;;/m00......./s1/i;;;;;;;;1+2. The summed E-state index contributed by atoms with van der Waals surface area (Å²) in [7, 11) is 8.45. The van der Waals surface area contributed by atoms with Gasteiger partial charge in [0.05, 0.1) is 73.8 Å². The van der Waals surface area contributed by atoms with Crippen molar-refractivity contribution < 1.29 is 61.7 Å². The fourth-order valence-corrected chi connectivity index (χ4v) is 12.2. The van der Waals surface area contributed by atoms with E-state index in [0.717, 1.165) is 73.0 Å². The van der Waals surface area contributed by atoms with Crippen molar-refractivity contribution >= 4 is 108 Å². The van der Waals surface area contributed by atoms with E-state index in [1.807, 2.05) is 141 Å². The fraction of sp³-hybridized carbons (Fsp3) is 0.420. The van der Waals surface area contributed by atoms with Gasteiger partial charge in [-0.3, -0.25) is 38.9 Å². The second kappa shape index (κ2) is 36.4. The molecule has 0 bridgehead atoms.